The zero-order valence-corrected chi connectivity index (χ0v) is 17.6. The first kappa shape index (κ1) is 19.8. The lowest BCUT2D eigenvalue weighted by atomic mass is 9.94. The number of benzene rings is 3. The molecule has 2 heterocycles. The second-order valence-electron chi connectivity index (χ2n) is 7.94. The minimum Gasteiger partial charge on any atom is -0.507 e. The SMILES string of the molecule is Cc1ccc(C2/C(=C(\O)c3ccc4ccccc4c3)C(=O)C(=O)N2c2cc(C)on2)cc1. The Bertz CT molecular complexity index is 1400. The van der Waals surface area contributed by atoms with Gasteiger partial charge in [-0.1, -0.05) is 71.4 Å². The van der Waals surface area contributed by atoms with Crippen molar-refractivity contribution in [2.75, 3.05) is 4.90 Å². The fraction of sp³-hybridized carbons (Fsp3) is 0.115. The molecule has 0 bridgehead atoms. The molecule has 1 aliphatic rings. The van der Waals surface area contributed by atoms with E-state index in [1.54, 1.807) is 19.1 Å². The van der Waals surface area contributed by atoms with Gasteiger partial charge in [0, 0.05) is 11.6 Å². The Kier molecular flexibility index (Phi) is 4.63. The summed E-state index contributed by atoms with van der Waals surface area (Å²) in [6.07, 6.45) is 0. The maximum atomic E-state index is 13.2. The highest BCUT2D eigenvalue weighted by atomic mass is 16.5. The number of fused-ring (bicyclic) bond motifs is 1. The van der Waals surface area contributed by atoms with Crippen molar-refractivity contribution in [3.8, 4) is 0 Å². The van der Waals surface area contributed by atoms with E-state index in [-0.39, 0.29) is 17.2 Å². The van der Waals surface area contributed by atoms with Gasteiger partial charge in [-0.15, -0.1) is 0 Å². The molecule has 0 saturated carbocycles. The van der Waals surface area contributed by atoms with Crippen LogP contribution < -0.4 is 4.90 Å². The molecule has 1 saturated heterocycles. The number of Topliss-reactive ketones (excluding diaryl/α,β-unsaturated/α-hetero) is 1. The largest absolute Gasteiger partial charge is 0.507 e. The van der Waals surface area contributed by atoms with E-state index in [0.29, 0.717) is 16.9 Å². The van der Waals surface area contributed by atoms with Crippen molar-refractivity contribution in [1.29, 1.82) is 0 Å². The Morgan fingerprint density at radius 2 is 1.66 bits per heavy atom. The fourth-order valence-electron chi connectivity index (χ4n) is 4.09. The lowest BCUT2D eigenvalue weighted by molar-refractivity contribution is -0.132. The van der Waals surface area contributed by atoms with Crippen molar-refractivity contribution in [2.24, 2.45) is 0 Å². The first-order valence-corrected chi connectivity index (χ1v) is 10.2. The number of amides is 1. The second-order valence-corrected chi connectivity index (χ2v) is 7.94. The van der Waals surface area contributed by atoms with E-state index in [1.165, 1.54) is 4.90 Å². The molecule has 5 rings (SSSR count). The molecule has 1 amide bonds. The molecule has 6 nitrogen and oxygen atoms in total. The number of nitrogens with zero attached hydrogens (tertiary/aromatic N) is 2. The van der Waals surface area contributed by atoms with Gasteiger partial charge in [0.15, 0.2) is 5.82 Å². The number of anilines is 1. The average Bonchev–Trinajstić information content (AvgIpc) is 3.34. The molecule has 1 aliphatic heterocycles. The van der Waals surface area contributed by atoms with Crippen LogP contribution in [0.1, 0.15) is 28.5 Å². The molecule has 1 N–H and O–H groups in total. The molecule has 3 aromatic carbocycles. The van der Waals surface area contributed by atoms with E-state index in [9.17, 15) is 14.7 Å². The zero-order chi connectivity index (χ0) is 22.4. The number of rotatable bonds is 3. The zero-order valence-electron chi connectivity index (χ0n) is 17.6. The Morgan fingerprint density at radius 1 is 0.938 bits per heavy atom. The number of hydrogen-bond donors (Lipinski definition) is 1. The van der Waals surface area contributed by atoms with Crippen LogP contribution in [0, 0.1) is 13.8 Å². The summed E-state index contributed by atoms with van der Waals surface area (Å²) in [6, 6.07) is 21.4. The summed E-state index contributed by atoms with van der Waals surface area (Å²) in [6.45, 7) is 3.67. The second kappa shape index (κ2) is 7.50. The van der Waals surface area contributed by atoms with Crippen LogP contribution in [-0.2, 0) is 9.59 Å². The molecule has 0 aliphatic carbocycles. The van der Waals surface area contributed by atoms with Gasteiger partial charge in [-0.2, -0.15) is 0 Å². The highest BCUT2D eigenvalue weighted by Crippen LogP contribution is 2.42. The van der Waals surface area contributed by atoms with Crippen LogP contribution in [0.2, 0.25) is 0 Å². The molecule has 6 heteroatoms. The molecule has 1 atom stereocenters. The number of carbonyl (C=O) groups is 2. The third kappa shape index (κ3) is 3.17. The van der Waals surface area contributed by atoms with Gasteiger partial charge >= 0.3 is 5.91 Å². The predicted molar refractivity (Wildman–Crippen MR) is 121 cm³/mol. The van der Waals surface area contributed by atoms with Crippen molar-refractivity contribution >= 4 is 34.0 Å². The first-order chi connectivity index (χ1) is 15.4. The van der Waals surface area contributed by atoms with E-state index < -0.39 is 17.7 Å². The summed E-state index contributed by atoms with van der Waals surface area (Å²) >= 11 is 0. The maximum absolute atomic E-state index is 13.2. The maximum Gasteiger partial charge on any atom is 0.301 e. The smallest absolute Gasteiger partial charge is 0.301 e. The highest BCUT2D eigenvalue weighted by molar-refractivity contribution is 6.51. The molecular weight excluding hydrogens is 404 g/mol. The molecule has 32 heavy (non-hydrogen) atoms. The molecule has 1 aromatic heterocycles. The lowest BCUT2D eigenvalue weighted by Gasteiger charge is -2.23. The van der Waals surface area contributed by atoms with Crippen LogP contribution >= 0.6 is 0 Å². The number of aliphatic hydroxyl groups excluding tert-OH is 1. The van der Waals surface area contributed by atoms with Gasteiger partial charge in [0.25, 0.3) is 5.78 Å². The highest BCUT2D eigenvalue weighted by Gasteiger charge is 2.48. The fourth-order valence-corrected chi connectivity index (χ4v) is 4.09. The van der Waals surface area contributed by atoms with Crippen LogP contribution in [0.15, 0.2) is 82.9 Å². The molecule has 1 fully saturated rings. The van der Waals surface area contributed by atoms with Gasteiger partial charge < -0.3 is 9.63 Å². The monoisotopic (exact) mass is 424 g/mol. The van der Waals surface area contributed by atoms with E-state index in [0.717, 1.165) is 16.3 Å². The normalized spacial score (nSPS) is 17.9. The predicted octanol–water partition coefficient (Wildman–Crippen LogP) is 5.07. The van der Waals surface area contributed by atoms with Gasteiger partial charge in [-0.25, -0.2) is 0 Å². The standard InChI is InChI=1S/C26H20N2O4/c1-15-7-9-18(10-8-15)23-22(25(30)26(31)28(23)21-13-16(2)32-27-21)24(29)20-12-11-17-5-3-4-6-19(17)14-20/h3-14,23,29H,1-2H3/b24-22+. The van der Waals surface area contributed by atoms with Crippen LogP contribution in [0.5, 0.6) is 0 Å². The summed E-state index contributed by atoms with van der Waals surface area (Å²) in [5, 5.41) is 17.2. The summed E-state index contributed by atoms with van der Waals surface area (Å²) < 4.78 is 5.16. The van der Waals surface area contributed by atoms with E-state index in [2.05, 4.69) is 5.16 Å². The minimum atomic E-state index is -0.827. The molecule has 0 spiro atoms. The number of ketones is 1. The van der Waals surface area contributed by atoms with E-state index in [1.807, 2.05) is 67.6 Å². The number of aryl methyl sites for hydroxylation is 2. The third-order valence-corrected chi connectivity index (χ3v) is 5.72. The summed E-state index contributed by atoms with van der Waals surface area (Å²) in [5.41, 5.74) is 2.22. The quantitative estimate of drug-likeness (QED) is 0.282. The Hall–Kier alpha value is -4.19. The van der Waals surface area contributed by atoms with Crippen LogP contribution in [0.25, 0.3) is 16.5 Å². The number of carbonyl (C=O) groups excluding carboxylic acids is 2. The van der Waals surface area contributed by atoms with Crippen molar-refractivity contribution < 1.29 is 19.2 Å². The molecule has 4 aromatic rings. The van der Waals surface area contributed by atoms with Crippen molar-refractivity contribution in [3.63, 3.8) is 0 Å². The first-order valence-electron chi connectivity index (χ1n) is 10.2. The average molecular weight is 424 g/mol. The van der Waals surface area contributed by atoms with Gasteiger partial charge in [0.2, 0.25) is 0 Å². The van der Waals surface area contributed by atoms with Crippen LogP contribution in [0.4, 0.5) is 5.82 Å². The van der Waals surface area contributed by atoms with Crippen molar-refractivity contribution in [1.82, 2.24) is 5.16 Å². The molecule has 1 unspecified atom stereocenters. The van der Waals surface area contributed by atoms with E-state index in [4.69, 9.17) is 4.52 Å². The van der Waals surface area contributed by atoms with Gasteiger partial charge in [0.1, 0.15) is 11.5 Å². The van der Waals surface area contributed by atoms with Gasteiger partial charge in [-0.3, -0.25) is 14.5 Å². The molecule has 158 valence electrons. The lowest BCUT2D eigenvalue weighted by Crippen LogP contribution is -2.29. The number of hydrogen-bond acceptors (Lipinski definition) is 5. The minimum absolute atomic E-state index is 0.0230. The number of aliphatic hydroxyl groups is 1. The van der Waals surface area contributed by atoms with Gasteiger partial charge in [-0.05, 0) is 36.2 Å². The van der Waals surface area contributed by atoms with E-state index >= 15 is 0 Å². The summed E-state index contributed by atoms with van der Waals surface area (Å²) in [7, 11) is 0. The van der Waals surface area contributed by atoms with Gasteiger partial charge in [0.05, 0.1) is 11.6 Å². The van der Waals surface area contributed by atoms with Crippen molar-refractivity contribution in [3.05, 3.63) is 101 Å². The molecule has 0 radical (unpaired) electrons. The van der Waals surface area contributed by atoms with Crippen molar-refractivity contribution in [2.45, 2.75) is 19.9 Å². The third-order valence-electron chi connectivity index (χ3n) is 5.72. The Balaban J connectivity index is 1.72. The topological polar surface area (TPSA) is 83.6 Å². The molecular formula is C26H20N2O4. The summed E-state index contributed by atoms with van der Waals surface area (Å²) in [4.78, 5) is 27.5. The van der Waals surface area contributed by atoms with Crippen LogP contribution in [0.3, 0.4) is 0 Å². The van der Waals surface area contributed by atoms with Crippen LogP contribution in [-0.4, -0.2) is 22.0 Å². The Morgan fingerprint density at radius 3 is 2.34 bits per heavy atom. The Labute approximate surface area is 184 Å². The number of aromatic nitrogens is 1. The summed E-state index contributed by atoms with van der Waals surface area (Å²) in [5.74, 6) is -0.998.